The molecule has 4 rings (SSSR count). The number of halogens is 3. The first-order valence-electron chi connectivity index (χ1n) is 9.23. The molecule has 0 N–H and O–H groups in total. The zero-order chi connectivity index (χ0) is 20.6. The van der Waals surface area contributed by atoms with Crippen LogP contribution in [-0.2, 0) is 11.2 Å². The summed E-state index contributed by atoms with van der Waals surface area (Å²) < 4.78 is 3.47. The molecule has 1 aliphatic heterocycles. The molecule has 29 heavy (non-hydrogen) atoms. The minimum atomic E-state index is -1.62. The van der Waals surface area contributed by atoms with E-state index in [9.17, 15) is 9.59 Å². The predicted octanol–water partition coefficient (Wildman–Crippen LogP) is 5.89. The number of ketones is 1. The Kier molecular flexibility index (Phi) is 5.94. The van der Waals surface area contributed by atoms with Gasteiger partial charge in [0, 0.05) is 25.1 Å². The minimum Gasteiger partial charge on any atom is -0.445 e. The van der Waals surface area contributed by atoms with E-state index in [1.165, 1.54) is 16.9 Å². The van der Waals surface area contributed by atoms with Gasteiger partial charge in [0.25, 0.3) is 0 Å². The maximum Gasteiger partial charge on any atom is 0.409 e. The highest BCUT2D eigenvalue weighted by atomic mass is 35.6. The van der Waals surface area contributed by atoms with Crippen molar-refractivity contribution in [1.29, 1.82) is 0 Å². The Bertz CT molecular complexity index is 983. The van der Waals surface area contributed by atoms with Crippen LogP contribution in [0.25, 0.3) is 5.57 Å². The Labute approximate surface area is 188 Å². The van der Waals surface area contributed by atoms with Gasteiger partial charge >= 0.3 is 6.09 Å². The van der Waals surface area contributed by atoms with Gasteiger partial charge in [0.2, 0.25) is 3.79 Å². The van der Waals surface area contributed by atoms with Crippen molar-refractivity contribution in [2.45, 2.75) is 23.1 Å². The second kappa shape index (κ2) is 8.31. The number of carbonyl (C=O) groups is 2. The molecule has 1 aliphatic carbocycles. The number of hydrogen-bond acceptors (Lipinski definition) is 4. The molecule has 2 aromatic rings. The maximum absolute atomic E-state index is 12.7. The molecule has 152 valence electrons. The molecule has 1 amide bonds. The van der Waals surface area contributed by atoms with Gasteiger partial charge in [-0.15, -0.1) is 11.3 Å². The van der Waals surface area contributed by atoms with Crippen LogP contribution in [0.2, 0.25) is 0 Å². The third kappa shape index (κ3) is 4.48. The fourth-order valence-corrected chi connectivity index (χ4v) is 4.87. The monoisotopic (exact) mass is 469 g/mol. The van der Waals surface area contributed by atoms with Crippen molar-refractivity contribution in [1.82, 2.24) is 4.90 Å². The number of piperidine rings is 1. The highest BCUT2D eigenvalue weighted by Gasteiger charge is 2.30. The van der Waals surface area contributed by atoms with Gasteiger partial charge in [0.1, 0.15) is 6.61 Å². The van der Waals surface area contributed by atoms with Crippen molar-refractivity contribution in [3.05, 3.63) is 62.9 Å². The average molecular weight is 471 g/mol. The molecule has 2 aliphatic rings. The van der Waals surface area contributed by atoms with Crippen molar-refractivity contribution in [2.75, 3.05) is 19.7 Å². The standard InChI is InChI=1S/C21H18Cl3NO3S/c22-21(23,24)12-28-20(27)25-8-5-13(6-9-25)18-15-4-2-1-3-14(15)11-17(26)19-16(18)7-10-29-19/h1-4,7,10H,5-6,8-9,11-12H2. The molecule has 0 atom stereocenters. The number of thiophene rings is 1. The third-order valence-electron chi connectivity index (χ3n) is 5.16. The lowest BCUT2D eigenvalue weighted by molar-refractivity contribution is 0.0994. The normalized spacial score (nSPS) is 16.9. The van der Waals surface area contributed by atoms with E-state index in [1.807, 2.05) is 29.6 Å². The molecule has 2 heterocycles. The van der Waals surface area contributed by atoms with Crippen LogP contribution >= 0.6 is 46.1 Å². The Morgan fingerprint density at radius 2 is 1.83 bits per heavy atom. The Morgan fingerprint density at radius 3 is 2.55 bits per heavy atom. The predicted molar refractivity (Wildman–Crippen MR) is 117 cm³/mol. The molecule has 0 radical (unpaired) electrons. The van der Waals surface area contributed by atoms with Crippen LogP contribution in [0.15, 0.2) is 41.3 Å². The van der Waals surface area contributed by atoms with E-state index >= 15 is 0 Å². The summed E-state index contributed by atoms with van der Waals surface area (Å²) in [5.74, 6) is 0.158. The summed E-state index contributed by atoms with van der Waals surface area (Å²) in [6.45, 7) is 0.759. The quantitative estimate of drug-likeness (QED) is 0.488. The van der Waals surface area contributed by atoms with Crippen molar-refractivity contribution < 1.29 is 14.3 Å². The second-order valence-electron chi connectivity index (χ2n) is 7.06. The average Bonchev–Trinajstić information content (AvgIpc) is 3.13. The van der Waals surface area contributed by atoms with Crippen molar-refractivity contribution in [3.8, 4) is 0 Å². The molecule has 8 heteroatoms. The van der Waals surface area contributed by atoms with E-state index < -0.39 is 9.89 Å². The van der Waals surface area contributed by atoms with E-state index in [0.29, 0.717) is 32.4 Å². The number of Topliss-reactive ketones (excluding diaryl/α,β-unsaturated/α-hetero) is 1. The summed E-state index contributed by atoms with van der Waals surface area (Å²) in [6, 6.07) is 10.1. The second-order valence-corrected chi connectivity index (χ2v) is 10.5. The molecule has 4 nitrogen and oxygen atoms in total. The summed E-state index contributed by atoms with van der Waals surface area (Å²) in [5, 5.41) is 1.97. The summed E-state index contributed by atoms with van der Waals surface area (Å²) in [7, 11) is 0. The summed E-state index contributed by atoms with van der Waals surface area (Å²) >= 11 is 18.5. The van der Waals surface area contributed by atoms with E-state index in [-0.39, 0.29) is 12.4 Å². The van der Waals surface area contributed by atoms with Crippen LogP contribution in [0.4, 0.5) is 4.79 Å². The van der Waals surface area contributed by atoms with Gasteiger partial charge in [-0.25, -0.2) is 4.79 Å². The fourth-order valence-electron chi connectivity index (χ4n) is 3.86. The van der Waals surface area contributed by atoms with Crippen LogP contribution in [0.1, 0.15) is 39.2 Å². The van der Waals surface area contributed by atoms with E-state index in [0.717, 1.165) is 27.1 Å². The molecule has 0 unspecified atom stereocenters. The Balaban J connectivity index is 1.61. The number of hydrogen-bond donors (Lipinski definition) is 0. The highest BCUT2D eigenvalue weighted by molar-refractivity contribution is 7.12. The first-order chi connectivity index (χ1) is 13.8. The number of amides is 1. The summed E-state index contributed by atoms with van der Waals surface area (Å²) in [6.07, 6.45) is 1.34. The van der Waals surface area contributed by atoms with Gasteiger partial charge in [-0.3, -0.25) is 4.79 Å². The fraction of sp³-hybridized carbons (Fsp3) is 0.333. The summed E-state index contributed by atoms with van der Waals surface area (Å²) in [5.41, 5.74) is 5.55. The SMILES string of the molecule is O=C1Cc2ccccc2C(=C2CCN(C(=O)OCC(Cl)(Cl)Cl)CC2)c2ccsc21. The third-order valence-corrected chi connectivity index (χ3v) is 6.45. The number of benzene rings is 1. The number of likely N-dealkylation sites (tertiary alicyclic amines) is 1. The molecule has 1 aromatic heterocycles. The summed E-state index contributed by atoms with van der Waals surface area (Å²) in [4.78, 5) is 27.4. The number of rotatable bonds is 1. The lowest BCUT2D eigenvalue weighted by atomic mass is 9.88. The molecule has 1 aromatic carbocycles. The van der Waals surface area contributed by atoms with Crippen LogP contribution < -0.4 is 0 Å². The molecule has 0 saturated carbocycles. The largest absolute Gasteiger partial charge is 0.445 e. The number of ether oxygens (including phenoxy) is 1. The van der Waals surface area contributed by atoms with E-state index in [4.69, 9.17) is 39.5 Å². The van der Waals surface area contributed by atoms with Crippen LogP contribution in [0.5, 0.6) is 0 Å². The number of nitrogens with zero attached hydrogens (tertiary/aromatic N) is 1. The van der Waals surface area contributed by atoms with Gasteiger partial charge in [0.15, 0.2) is 5.78 Å². The molecule has 0 bridgehead atoms. The minimum absolute atomic E-state index is 0.158. The molecule has 1 fully saturated rings. The van der Waals surface area contributed by atoms with Gasteiger partial charge < -0.3 is 9.64 Å². The van der Waals surface area contributed by atoms with Crippen LogP contribution in [-0.4, -0.2) is 40.3 Å². The first-order valence-corrected chi connectivity index (χ1v) is 11.2. The molecule has 0 spiro atoms. The first kappa shape index (κ1) is 20.7. The zero-order valence-electron chi connectivity index (χ0n) is 15.4. The lowest BCUT2D eigenvalue weighted by Crippen LogP contribution is -2.38. The van der Waals surface area contributed by atoms with E-state index in [2.05, 4.69) is 6.07 Å². The smallest absolute Gasteiger partial charge is 0.409 e. The maximum atomic E-state index is 12.7. The molecular formula is C21H18Cl3NO3S. The number of alkyl halides is 3. The highest BCUT2D eigenvalue weighted by Crippen LogP contribution is 2.40. The lowest BCUT2D eigenvalue weighted by Gasteiger charge is -2.30. The number of carbonyl (C=O) groups excluding carboxylic acids is 2. The van der Waals surface area contributed by atoms with Crippen molar-refractivity contribution >= 4 is 63.6 Å². The van der Waals surface area contributed by atoms with Gasteiger partial charge in [0.05, 0.1) is 4.88 Å². The Hall–Kier alpha value is -1.53. The zero-order valence-corrected chi connectivity index (χ0v) is 18.5. The van der Waals surface area contributed by atoms with Crippen molar-refractivity contribution in [2.24, 2.45) is 0 Å². The Morgan fingerprint density at radius 1 is 1.10 bits per heavy atom. The van der Waals surface area contributed by atoms with Gasteiger partial charge in [-0.2, -0.15) is 0 Å². The molecular weight excluding hydrogens is 453 g/mol. The van der Waals surface area contributed by atoms with E-state index in [1.54, 1.807) is 4.90 Å². The molecule has 1 saturated heterocycles. The van der Waals surface area contributed by atoms with Gasteiger partial charge in [-0.05, 0) is 41.0 Å². The van der Waals surface area contributed by atoms with Crippen molar-refractivity contribution in [3.63, 3.8) is 0 Å². The van der Waals surface area contributed by atoms with Crippen LogP contribution in [0, 0.1) is 0 Å². The topological polar surface area (TPSA) is 46.6 Å². The van der Waals surface area contributed by atoms with Gasteiger partial charge in [-0.1, -0.05) is 64.6 Å². The number of fused-ring (bicyclic) bond motifs is 2. The van der Waals surface area contributed by atoms with Crippen LogP contribution in [0.3, 0.4) is 0 Å².